The molecular formula is C14H18N2O4S. The maximum absolute atomic E-state index is 12.3. The lowest BCUT2D eigenvalue weighted by molar-refractivity contribution is -0.115. The van der Waals surface area contributed by atoms with Crippen molar-refractivity contribution in [2.75, 3.05) is 11.9 Å². The summed E-state index contributed by atoms with van der Waals surface area (Å²) in [5.74, 6) is -0.140. The van der Waals surface area contributed by atoms with Gasteiger partial charge in [-0.05, 0) is 42.5 Å². The zero-order valence-electron chi connectivity index (χ0n) is 11.5. The predicted octanol–water partition coefficient (Wildman–Crippen LogP) is 0.620. The van der Waals surface area contributed by atoms with Crippen LogP contribution in [0.25, 0.3) is 0 Å². The molecule has 0 saturated heterocycles. The molecule has 1 aromatic rings. The average molecular weight is 310 g/mol. The number of fused-ring (bicyclic) bond motifs is 1. The number of anilines is 1. The molecular weight excluding hydrogens is 292 g/mol. The van der Waals surface area contributed by atoms with Crippen LogP contribution in [-0.2, 0) is 21.2 Å². The van der Waals surface area contributed by atoms with Gasteiger partial charge in [-0.1, -0.05) is 6.42 Å². The Morgan fingerprint density at radius 1 is 1.33 bits per heavy atom. The number of amides is 1. The van der Waals surface area contributed by atoms with Crippen molar-refractivity contribution >= 4 is 21.6 Å². The van der Waals surface area contributed by atoms with Crippen molar-refractivity contribution in [3.05, 3.63) is 23.8 Å². The molecule has 3 N–H and O–H groups in total. The number of aliphatic hydroxyl groups excluding tert-OH is 1. The minimum Gasteiger partial charge on any atom is -0.393 e. The minimum absolute atomic E-state index is 0.0163. The Kier molecular flexibility index (Phi) is 3.73. The first kappa shape index (κ1) is 14.5. The topological polar surface area (TPSA) is 95.5 Å². The Labute approximate surface area is 123 Å². The molecule has 1 saturated carbocycles. The SMILES string of the molecule is O=C1Cc2cc(S(=O)(=O)NCC3CCCC3O)ccc2N1. The molecule has 3 rings (SSSR count). The van der Waals surface area contributed by atoms with Crippen molar-refractivity contribution < 1.29 is 18.3 Å². The van der Waals surface area contributed by atoms with Crippen LogP contribution in [0.4, 0.5) is 5.69 Å². The maximum atomic E-state index is 12.3. The summed E-state index contributed by atoms with van der Waals surface area (Å²) in [6.07, 6.45) is 2.29. The Morgan fingerprint density at radius 2 is 2.14 bits per heavy atom. The number of rotatable bonds is 4. The highest BCUT2D eigenvalue weighted by Crippen LogP contribution is 2.27. The zero-order chi connectivity index (χ0) is 15.0. The number of hydrogen-bond acceptors (Lipinski definition) is 4. The van der Waals surface area contributed by atoms with E-state index in [1.807, 2.05) is 0 Å². The van der Waals surface area contributed by atoms with Crippen LogP contribution < -0.4 is 10.0 Å². The number of benzene rings is 1. The molecule has 2 atom stereocenters. The Balaban J connectivity index is 1.73. The lowest BCUT2D eigenvalue weighted by Gasteiger charge is -2.15. The summed E-state index contributed by atoms with van der Waals surface area (Å²) < 4.78 is 27.1. The quantitative estimate of drug-likeness (QED) is 0.760. The van der Waals surface area contributed by atoms with Crippen LogP contribution in [0.3, 0.4) is 0 Å². The zero-order valence-corrected chi connectivity index (χ0v) is 12.3. The third-order valence-corrected chi connectivity index (χ3v) is 5.59. The molecule has 0 radical (unpaired) electrons. The van der Waals surface area contributed by atoms with Gasteiger partial charge >= 0.3 is 0 Å². The second-order valence-electron chi connectivity index (χ2n) is 5.65. The van der Waals surface area contributed by atoms with Crippen molar-refractivity contribution in [3.63, 3.8) is 0 Å². The van der Waals surface area contributed by atoms with Crippen LogP contribution in [0.15, 0.2) is 23.1 Å². The molecule has 0 aromatic heterocycles. The first-order valence-electron chi connectivity index (χ1n) is 7.06. The van der Waals surface area contributed by atoms with Gasteiger partial charge in [-0.25, -0.2) is 13.1 Å². The molecule has 7 heteroatoms. The van der Waals surface area contributed by atoms with Crippen LogP contribution in [-0.4, -0.2) is 32.1 Å². The van der Waals surface area contributed by atoms with E-state index >= 15 is 0 Å². The van der Waals surface area contributed by atoms with E-state index in [9.17, 15) is 18.3 Å². The summed E-state index contributed by atoms with van der Waals surface area (Å²) in [4.78, 5) is 11.5. The van der Waals surface area contributed by atoms with Gasteiger partial charge in [-0.3, -0.25) is 4.79 Å². The van der Waals surface area contributed by atoms with Crippen LogP contribution in [0.2, 0.25) is 0 Å². The summed E-state index contributed by atoms with van der Waals surface area (Å²) in [5, 5.41) is 12.4. The van der Waals surface area contributed by atoms with E-state index in [2.05, 4.69) is 10.0 Å². The fourth-order valence-electron chi connectivity index (χ4n) is 2.93. The normalized spacial score (nSPS) is 24.9. The molecule has 1 aromatic carbocycles. The molecule has 0 bridgehead atoms. The molecule has 1 heterocycles. The van der Waals surface area contributed by atoms with Gasteiger partial charge in [0.2, 0.25) is 15.9 Å². The van der Waals surface area contributed by atoms with Crippen molar-refractivity contribution in [3.8, 4) is 0 Å². The largest absolute Gasteiger partial charge is 0.393 e. The first-order chi connectivity index (χ1) is 9.95. The number of aliphatic hydroxyl groups is 1. The summed E-state index contributed by atoms with van der Waals surface area (Å²) in [7, 11) is -3.61. The lowest BCUT2D eigenvalue weighted by atomic mass is 10.1. The number of carbonyl (C=O) groups excluding carboxylic acids is 1. The van der Waals surface area contributed by atoms with E-state index in [0.717, 1.165) is 19.3 Å². The van der Waals surface area contributed by atoms with Gasteiger partial charge in [-0.2, -0.15) is 0 Å². The third-order valence-electron chi connectivity index (χ3n) is 4.17. The van der Waals surface area contributed by atoms with Gasteiger partial charge in [0.25, 0.3) is 0 Å². The second-order valence-corrected chi connectivity index (χ2v) is 7.42. The fraction of sp³-hybridized carbons (Fsp3) is 0.500. The predicted molar refractivity (Wildman–Crippen MR) is 77.3 cm³/mol. The van der Waals surface area contributed by atoms with Gasteiger partial charge in [0.15, 0.2) is 0 Å². The average Bonchev–Trinajstić information content (AvgIpc) is 3.00. The second kappa shape index (κ2) is 5.40. The summed E-state index contributed by atoms with van der Waals surface area (Å²) in [6.45, 7) is 0.248. The van der Waals surface area contributed by atoms with Gasteiger partial charge < -0.3 is 10.4 Å². The van der Waals surface area contributed by atoms with Gasteiger partial charge in [-0.15, -0.1) is 0 Å². The lowest BCUT2D eigenvalue weighted by Crippen LogP contribution is -2.32. The van der Waals surface area contributed by atoms with Crippen molar-refractivity contribution in [1.82, 2.24) is 4.72 Å². The van der Waals surface area contributed by atoms with Crippen LogP contribution in [0.1, 0.15) is 24.8 Å². The molecule has 21 heavy (non-hydrogen) atoms. The number of sulfonamides is 1. The van der Waals surface area contributed by atoms with Crippen LogP contribution in [0, 0.1) is 5.92 Å². The summed E-state index contributed by atoms with van der Waals surface area (Å²) >= 11 is 0. The van der Waals surface area contributed by atoms with Crippen molar-refractivity contribution in [2.24, 2.45) is 5.92 Å². The smallest absolute Gasteiger partial charge is 0.240 e. The van der Waals surface area contributed by atoms with E-state index in [-0.39, 0.29) is 29.7 Å². The van der Waals surface area contributed by atoms with E-state index in [1.165, 1.54) is 12.1 Å². The third kappa shape index (κ3) is 2.95. The molecule has 1 amide bonds. The van der Waals surface area contributed by atoms with E-state index in [1.54, 1.807) is 6.07 Å². The Bertz CT molecular complexity index is 672. The first-order valence-corrected chi connectivity index (χ1v) is 8.54. The highest BCUT2D eigenvalue weighted by Gasteiger charge is 2.27. The molecule has 114 valence electrons. The van der Waals surface area contributed by atoms with E-state index in [0.29, 0.717) is 11.3 Å². The summed E-state index contributed by atoms with van der Waals surface area (Å²) in [5.41, 5.74) is 1.37. The molecule has 2 unspecified atom stereocenters. The number of nitrogens with one attached hydrogen (secondary N) is 2. The molecule has 6 nitrogen and oxygen atoms in total. The highest BCUT2D eigenvalue weighted by atomic mass is 32.2. The van der Waals surface area contributed by atoms with Gasteiger partial charge in [0.1, 0.15) is 0 Å². The van der Waals surface area contributed by atoms with Gasteiger partial charge in [0, 0.05) is 12.2 Å². The van der Waals surface area contributed by atoms with Crippen molar-refractivity contribution in [1.29, 1.82) is 0 Å². The standard InChI is InChI=1S/C14H18N2O4S/c17-13-3-1-2-9(13)8-15-21(19,20)11-4-5-12-10(6-11)7-14(18)16-12/h4-6,9,13,15,17H,1-3,7-8H2,(H,16,18). The molecule has 0 spiro atoms. The molecule has 1 aliphatic carbocycles. The molecule has 2 aliphatic rings. The van der Waals surface area contributed by atoms with Gasteiger partial charge in [0.05, 0.1) is 17.4 Å². The minimum atomic E-state index is -3.61. The fourth-order valence-corrected chi connectivity index (χ4v) is 4.07. The monoisotopic (exact) mass is 310 g/mol. The molecule has 1 aliphatic heterocycles. The summed E-state index contributed by atoms with van der Waals surface area (Å²) in [6, 6.07) is 4.62. The highest BCUT2D eigenvalue weighted by molar-refractivity contribution is 7.89. The Morgan fingerprint density at radius 3 is 2.86 bits per heavy atom. The van der Waals surface area contributed by atoms with E-state index in [4.69, 9.17) is 0 Å². The number of hydrogen-bond donors (Lipinski definition) is 3. The number of carbonyl (C=O) groups is 1. The molecule has 1 fully saturated rings. The maximum Gasteiger partial charge on any atom is 0.240 e. The van der Waals surface area contributed by atoms with Crippen molar-refractivity contribution in [2.45, 2.75) is 36.7 Å². The van der Waals surface area contributed by atoms with Crippen LogP contribution in [0.5, 0.6) is 0 Å². The van der Waals surface area contributed by atoms with Crippen LogP contribution >= 0.6 is 0 Å². The Hall–Kier alpha value is -1.44. The van der Waals surface area contributed by atoms with E-state index < -0.39 is 16.1 Å².